The number of nitrogens with zero attached hydrogens (tertiary/aromatic N) is 2. The molecule has 5 nitrogen and oxygen atoms in total. The summed E-state index contributed by atoms with van der Waals surface area (Å²) in [7, 11) is 0. The summed E-state index contributed by atoms with van der Waals surface area (Å²) in [4.78, 5) is 0. The second kappa shape index (κ2) is 8.11. The van der Waals surface area contributed by atoms with E-state index in [1.165, 1.54) is 11.1 Å². The second-order valence-corrected chi connectivity index (χ2v) is 7.48. The van der Waals surface area contributed by atoms with Crippen LogP contribution in [0.25, 0.3) is 0 Å². The van der Waals surface area contributed by atoms with E-state index >= 15 is 0 Å². The van der Waals surface area contributed by atoms with E-state index in [-0.39, 0.29) is 6.04 Å². The minimum atomic E-state index is 0.155. The van der Waals surface area contributed by atoms with Gasteiger partial charge in [-0.05, 0) is 72.9 Å². The molecular weight excluding hydrogens is 370 g/mol. The molecule has 0 saturated carbocycles. The van der Waals surface area contributed by atoms with Crippen LogP contribution in [0.15, 0.2) is 60.7 Å². The van der Waals surface area contributed by atoms with Gasteiger partial charge in [0.05, 0.1) is 35.0 Å². The lowest BCUT2D eigenvalue weighted by atomic mass is 9.86. The SMILES string of the molecule is N#Cc1ccc(C(=N)c2cc(NC3CCCc4cc(C#N)ccc43)ccc2N)cc1. The third kappa shape index (κ3) is 3.74. The Morgan fingerprint density at radius 1 is 0.967 bits per heavy atom. The summed E-state index contributed by atoms with van der Waals surface area (Å²) in [6.07, 6.45) is 3.05. The van der Waals surface area contributed by atoms with E-state index in [2.05, 4.69) is 17.5 Å². The highest BCUT2D eigenvalue weighted by Gasteiger charge is 2.21. The molecule has 30 heavy (non-hydrogen) atoms. The van der Waals surface area contributed by atoms with Gasteiger partial charge < -0.3 is 11.1 Å². The van der Waals surface area contributed by atoms with Crippen LogP contribution in [-0.2, 0) is 6.42 Å². The van der Waals surface area contributed by atoms with Crippen molar-refractivity contribution in [1.29, 1.82) is 15.9 Å². The van der Waals surface area contributed by atoms with Crippen molar-refractivity contribution in [2.24, 2.45) is 0 Å². The second-order valence-electron chi connectivity index (χ2n) is 7.48. The highest BCUT2D eigenvalue weighted by Crippen LogP contribution is 2.34. The first kappa shape index (κ1) is 19.2. The van der Waals surface area contributed by atoms with E-state index in [0.29, 0.717) is 33.7 Å². The number of anilines is 2. The van der Waals surface area contributed by atoms with Crippen LogP contribution in [0.3, 0.4) is 0 Å². The standard InChI is InChI=1S/C25H21N5/c26-14-16-4-7-18(8-5-16)25(29)22-13-20(9-11-23(22)28)30-24-3-1-2-19-12-17(15-27)6-10-21(19)24/h4-13,24,29-30H,1-3,28H2. The monoisotopic (exact) mass is 391 g/mol. The van der Waals surface area contributed by atoms with Crippen LogP contribution in [0, 0.1) is 28.1 Å². The molecule has 0 amide bonds. The zero-order valence-corrected chi connectivity index (χ0v) is 16.4. The average molecular weight is 391 g/mol. The predicted molar refractivity (Wildman–Crippen MR) is 118 cm³/mol. The van der Waals surface area contributed by atoms with E-state index < -0.39 is 0 Å². The summed E-state index contributed by atoms with van der Waals surface area (Å²) in [5.41, 5.74) is 13.0. The van der Waals surface area contributed by atoms with E-state index in [1.54, 1.807) is 24.3 Å². The minimum Gasteiger partial charge on any atom is -0.398 e. The van der Waals surface area contributed by atoms with E-state index in [4.69, 9.17) is 21.7 Å². The molecule has 1 unspecified atom stereocenters. The van der Waals surface area contributed by atoms with Gasteiger partial charge in [0, 0.05) is 22.5 Å². The first-order valence-electron chi connectivity index (χ1n) is 9.87. The fraction of sp³-hybridized carbons (Fsp3) is 0.160. The zero-order chi connectivity index (χ0) is 21.1. The summed E-state index contributed by atoms with van der Waals surface area (Å²) >= 11 is 0. The molecule has 0 bridgehead atoms. The summed E-state index contributed by atoms with van der Waals surface area (Å²) in [5, 5.41) is 30.3. The Balaban J connectivity index is 1.61. The molecule has 1 aliphatic rings. The molecular formula is C25H21N5. The Hall–Kier alpha value is -4.09. The lowest BCUT2D eigenvalue weighted by Gasteiger charge is -2.27. The van der Waals surface area contributed by atoms with Crippen molar-refractivity contribution in [3.05, 3.63) is 94.0 Å². The maximum Gasteiger partial charge on any atom is 0.0991 e. The van der Waals surface area contributed by atoms with Gasteiger partial charge in [0.2, 0.25) is 0 Å². The van der Waals surface area contributed by atoms with Crippen molar-refractivity contribution in [2.75, 3.05) is 11.1 Å². The Morgan fingerprint density at radius 2 is 1.70 bits per heavy atom. The molecule has 0 aromatic heterocycles. The molecule has 5 heteroatoms. The largest absolute Gasteiger partial charge is 0.398 e. The fourth-order valence-corrected chi connectivity index (χ4v) is 3.96. The highest BCUT2D eigenvalue weighted by atomic mass is 14.9. The van der Waals surface area contributed by atoms with Crippen molar-refractivity contribution < 1.29 is 0 Å². The molecule has 146 valence electrons. The molecule has 0 radical (unpaired) electrons. The topological polar surface area (TPSA) is 109 Å². The molecule has 4 rings (SSSR count). The highest BCUT2D eigenvalue weighted by molar-refractivity contribution is 6.14. The number of fused-ring (bicyclic) bond motifs is 1. The summed E-state index contributed by atoms with van der Waals surface area (Å²) in [6.45, 7) is 0. The van der Waals surface area contributed by atoms with Crippen LogP contribution in [0.2, 0.25) is 0 Å². The molecule has 1 atom stereocenters. The van der Waals surface area contributed by atoms with Gasteiger partial charge in [-0.3, -0.25) is 5.41 Å². The molecule has 3 aromatic carbocycles. The van der Waals surface area contributed by atoms with Gasteiger partial charge in [-0.2, -0.15) is 10.5 Å². The maximum absolute atomic E-state index is 9.16. The minimum absolute atomic E-state index is 0.155. The lowest BCUT2D eigenvalue weighted by Crippen LogP contribution is -2.18. The molecule has 0 aliphatic heterocycles. The van der Waals surface area contributed by atoms with Gasteiger partial charge in [0.1, 0.15) is 0 Å². The third-order valence-corrected chi connectivity index (χ3v) is 5.55. The van der Waals surface area contributed by atoms with Gasteiger partial charge in [0.15, 0.2) is 0 Å². The molecule has 3 aromatic rings. The van der Waals surface area contributed by atoms with Gasteiger partial charge in [0.25, 0.3) is 0 Å². The predicted octanol–water partition coefficient (Wildman–Crippen LogP) is 4.92. The van der Waals surface area contributed by atoms with Crippen LogP contribution in [-0.4, -0.2) is 5.71 Å². The number of aryl methyl sites for hydroxylation is 1. The van der Waals surface area contributed by atoms with Gasteiger partial charge >= 0.3 is 0 Å². The van der Waals surface area contributed by atoms with Crippen LogP contribution < -0.4 is 11.1 Å². The number of nitriles is 2. The summed E-state index contributed by atoms with van der Waals surface area (Å²) in [5.74, 6) is 0. The van der Waals surface area contributed by atoms with Crippen molar-refractivity contribution in [1.82, 2.24) is 0 Å². The van der Waals surface area contributed by atoms with Crippen LogP contribution in [0.5, 0.6) is 0 Å². The molecule has 4 N–H and O–H groups in total. The van der Waals surface area contributed by atoms with Crippen molar-refractivity contribution in [3.8, 4) is 12.1 Å². The molecule has 0 saturated heterocycles. The number of nitrogens with two attached hydrogens (primary N) is 1. The number of benzene rings is 3. The van der Waals surface area contributed by atoms with Crippen LogP contribution >= 0.6 is 0 Å². The summed E-state index contributed by atoms with van der Waals surface area (Å²) < 4.78 is 0. The maximum atomic E-state index is 9.16. The van der Waals surface area contributed by atoms with Crippen LogP contribution in [0.4, 0.5) is 11.4 Å². The van der Waals surface area contributed by atoms with Crippen molar-refractivity contribution in [3.63, 3.8) is 0 Å². The average Bonchev–Trinajstić information content (AvgIpc) is 2.79. The molecule has 0 fully saturated rings. The van der Waals surface area contributed by atoms with E-state index in [1.807, 2.05) is 36.4 Å². The van der Waals surface area contributed by atoms with Gasteiger partial charge in [-0.25, -0.2) is 0 Å². The first-order valence-corrected chi connectivity index (χ1v) is 9.87. The van der Waals surface area contributed by atoms with Gasteiger partial charge in [-0.15, -0.1) is 0 Å². The molecule has 0 heterocycles. The zero-order valence-electron chi connectivity index (χ0n) is 16.4. The Labute approximate surface area is 175 Å². The Bertz CT molecular complexity index is 1200. The summed E-state index contributed by atoms with van der Waals surface area (Å²) in [6, 6.07) is 23.0. The Morgan fingerprint density at radius 3 is 2.43 bits per heavy atom. The Kier molecular flexibility index (Phi) is 5.20. The van der Waals surface area contributed by atoms with Crippen LogP contribution in [0.1, 0.15) is 52.3 Å². The lowest BCUT2D eigenvalue weighted by molar-refractivity contribution is 0.600. The number of hydrogen-bond acceptors (Lipinski definition) is 5. The smallest absolute Gasteiger partial charge is 0.0991 e. The molecule has 1 aliphatic carbocycles. The number of nitrogen functional groups attached to an aromatic ring is 1. The number of nitrogens with one attached hydrogen (secondary N) is 2. The van der Waals surface area contributed by atoms with Gasteiger partial charge in [-0.1, -0.05) is 18.2 Å². The fourth-order valence-electron chi connectivity index (χ4n) is 3.96. The van der Waals surface area contributed by atoms with Crippen molar-refractivity contribution >= 4 is 17.1 Å². The number of hydrogen-bond donors (Lipinski definition) is 3. The van der Waals surface area contributed by atoms with Crippen molar-refractivity contribution in [2.45, 2.75) is 25.3 Å². The quantitative estimate of drug-likeness (QED) is 0.433. The first-order chi connectivity index (χ1) is 14.6. The number of rotatable bonds is 4. The third-order valence-electron chi connectivity index (χ3n) is 5.55. The van der Waals surface area contributed by atoms with E-state index in [9.17, 15) is 0 Å². The normalized spacial score (nSPS) is 14.8. The molecule has 0 spiro atoms. The van der Waals surface area contributed by atoms with E-state index in [0.717, 1.165) is 24.9 Å².